The number of ether oxygens (including phenoxy) is 2. The van der Waals surface area contributed by atoms with Crippen LogP contribution in [0, 0.1) is 0 Å². The topological polar surface area (TPSA) is 76.0 Å². The fourth-order valence-corrected chi connectivity index (χ4v) is 3.08. The smallest absolute Gasteiger partial charge is 0.508 e. The monoisotopic (exact) mass is 364 g/mol. The molecule has 3 rings (SSSR count). The normalized spacial score (nSPS) is 11.0. The van der Waals surface area contributed by atoms with Crippen molar-refractivity contribution < 1.29 is 24.5 Å². The summed E-state index contributed by atoms with van der Waals surface area (Å²) in [4.78, 5) is 11.3. The van der Waals surface area contributed by atoms with Crippen molar-refractivity contribution in [3.63, 3.8) is 0 Å². The van der Waals surface area contributed by atoms with E-state index in [4.69, 9.17) is 4.74 Å². The molecule has 0 aliphatic heterocycles. The quantitative estimate of drug-likeness (QED) is 0.402. The van der Waals surface area contributed by atoms with E-state index in [0.717, 1.165) is 16.7 Å². The van der Waals surface area contributed by atoms with Crippen molar-refractivity contribution in [1.82, 2.24) is 0 Å². The first-order valence-corrected chi connectivity index (χ1v) is 8.39. The standard InChI is InChI=1S/C22H20O5/c1-22(15-3-9-18(23)10-4-15,16-5-11-19(24)12-6-16)17-7-13-20(14-8-17)27-21(25)26-2/h3-14,23-24H,1-2H3. The number of carbonyl (C=O) groups excluding carboxylic acids is 1. The maximum atomic E-state index is 11.3. The molecule has 0 atom stereocenters. The lowest BCUT2D eigenvalue weighted by molar-refractivity contribution is 0.121. The number of phenolic OH excluding ortho intramolecular Hbond substituents is 2. The highest BCUT2D eigenvalue weighted by Gasteiger charge is 2.31. The van der Waals surface area contributed by atoms with Gasteiger partial charge < -0.3 is 19.7 Å². The van der Waals surface area contributed by atoms with Crippen LogP contribution in [0.1, 0.15) is 23.6 Å². The Morgan fingerprint density at radius 1 is 0.741 bits per heavy atom. The Kier molecular flexibility index (Phi) is 5.03. The zero-order valence-electron chi connectivity index (χ0n) is 15.0. The van der Waals surface area contributed by atoms with Gasteiger partial charge in [-0.05, 0) is 60.0 Å². The predicted molar refractivity (Wildman–Crippen MR) is 101 cm³/mol. The van der Waals surface area contributed by atoms with Crippen molar-refractivity contribution in [1.29, 1.82) is 0 Å². The molecule has 0 aliphatic carbocycles. The first kappa shape index (κ1) is 18.3. The zero-order valence-corrected chi connectivity index (χ0v) is 15.0. The second kappa shape index (κ2) is 7.41. The number of phenols is 2. The number of hydrogen-bond acceptors (Lipinski definition) is 5. The van der Waals surface area contributed by atoms with Gasteiger partial charge in [-0.3, -0.25) is 0 Å². The molecule has 0 unspecified atom stereocenters. The highest BCUT2D eigenvalue weighted by molar-refractivity contribution is 5.63. The Balaban J connectivity index is 2.08. The molecular formula is C22H20O5. The number of rotatable bonds is 4. The van der Waals surface area contributed by atoms with E-state index in [-0.39, 0.29) is 11.5 Å². The summed E-state index contributed by atoms with van der Waals surface area (Å²) in [6, 6.07) is 21.2. The molecule has 0 fully saturated rings. The van der Waals surface area contributed by atoms with E-state index in [1.807, 2.05) is 36.4 Å². The van der Waals surface area contributed by atoms with Crippen LogP contribution in [0.2, 0.25) is 0 Å². The van der Waals surface area contributed by atoms with E-state index >= 15 is 0 Å². The van der Waals surface area contributed by atoms with Crippen molar-refractivity contribution in [2.75, 3.05) is 7.11 Å². The van der Waals surface area contributed by atoms with Gasteiger partial charge in [0.15, 0.2) is 0 Å². The van der Waals surface area contributed by atoms with Gasteiger partial charge in [0.05, 0.1) is 7.11 Å². The number of methoxy groups -OCH3 is 1. The van der Waals surface area contributed by atoms with Crippen LogP contribution in [0.3, 0.4) is 0 Å². The fourth-order valence-electron chi connectivity index (χ4n) is 3.08. The largest absolute Gasteiger partial charge is 0.513 e. The molecule has 0 radical (unpaired) electrons. The Hall–Kier alpha value is -3.47. The summed E-state index contributed by atoms with van der Waals surface area (Å²) in [6.45, 7) is 2.06. The van der Waals surface area contributed by atoms with E-state index in [2.05, 4.69) is 11.7 Å². The van der Waals surface area contributed by atoms with Gasteiger partial charge in [-0.1, -0.05) is 36.4 Å². The van der Waals surface area contributed by atoms with E-state index in [1.54, 1.807) is 36.4 Å². The van der Waals surface area contributed by atoms with Crippen LogP contribution in [0.25, 0.3) is 0 Å². The van der Waals surface area contributed by atoms with Gasteiger partial charge in [-0.2, -0.15) is 0 Å². The summed E-state index contributed by atoms with van der Waals surface area (Å²) in [7, 11) is 1.25. The summed E-state index contributed by atoms with van der Waals surface area (Å²) in [5.41, 5.74) is 2.34. The molecule has 2 N–H and O–H groups in total. The molecule has 5 nitrogen and oxygen atoms in total. The third-order valence-corrected chi connectivity index (χ3v) is 4.69. The summed E-state index contributed by atoms with van der Waals surface area (Å²) in [5.74, 6) is 0.756. The van der Waals surface area contributed by atoms with Gasteiger partial charge in [-0.25, -0.2) is 4.79 Å². The van der Waals surface area contributed by atoms with E-state index in [0.29, 0.717) is 5.75 Å². The minimum absolute atomic E-state index is 0.189. The molecule has 0 bridgehead atoms. The predicted octanol–water partition coefficient (Wildman–Crippen LogP) is 4.60. The maximum absolute atomic E-state index is 11.3. The molecule has 0 spiro atoms. The van der Waals surface area contributed by atoms with Gasteiger partial charge in [0.1, 0.15) is 17.2 Å². The highest BCUT2D eigenvalue weighted by Crippen LogP contribution is 2.40. The maximum Gasteiger partial charge on any atom is 0.513 e. The molecule has 3 aromatic carbocycles. The van der Waals surface area contributed by atoms with Crippen molar-refractivity contribution in [3.8, 4) is 17.2 Å². The molecule has 138 valence electrons. The number of aromatic hydroxyl groups is 2. The molecule has 0 aromatic heterocycles. The highest BCUT2D eigenvalue weighted by atomic mass is 16.7. The molecular weight excluding hydrogens is 344 g/mol. The van der Waals surface area contributed by atoms with Gasteiger partial charge >= 0.3 is 6.16 Å². The van der Waals surface area contributed by atoms with Gasteiger partial charge in [0.25, 0.3) is 0 Å². The molecule has 3 aromatic rings. The summed E-state index contributed by atoms with van der Waals surface area (Å²) in [5, 5.41) is 19.3. The molecule has 0 saturated carbocycles. The third kappa shape index (κ3) is 3.72. The van der Waals surface area contributed by atoms with Gasteiger partial charge in [0, 0.05) is 5.41 Å². The van der Waals surface area contributed by atoms with E-state index in [9.17, 15) is 15.0 Å². The average molecular weight is 364 g/mol. The molecule has 0 aliphatic rings. The fraction of sp³-hybridized carbons (Fsp3) is 0.136. The summed E-state index contributed by atoms with van der Waals surface area (Å²) >= 11 is 0. The van der Waals surface area contributed by atoms with E-state index in [1.165, 1.54) is 7.11 Å². The first-order valence-electron chi connectivity index (χ1n) is 8.39. The molecule has 0 heterocycles. The Morgan fingerprint density at radius 3 is 1.48 bits per heavy atom. The van der Waals surface area contributed by atoms with Crippen LogP contribution < -0.4 is 4.74 Å². The first-order chi connectivity index (χ1) is 12.9. The zero-order chi connectivity index (χ0) is 19.4. The van der Waals surface area contributed by atoms with Gasteiger partial charge in [-0.15, -0.1) is 0 Å². The minimum Gasteiger partial charge on any atom is -0.508 e. The van der Waals surface area contributed by atoms with Crippen molar-refractivity contribution >= 4 is 6.16 Å². The van der Waals surface area contributed by atoms with Crippen LogP contribution >= 0.6 is 0 Å². The molecule has 5 heteroatoms. The second-order valence-electron chi connectivity index (χ2n) is 6.30. The average Bonchev–Trinajstić information content (AvgIpc) is 2.69. The molecule has 0 saturated heterocycles. The van der Waals surface area contributed by atoms with Crippen molar-refractivity contribution in [3.05, 3.63) is 89.5 Å². The Morgan fingerprint density at radius 2 is 1.11 bits per heavy atom. The number of benzene rings is 3. The van der Waals surface area contributed by atoms with Gasteiger partial charge in [0.2, 0.25) is 0 Å². The van der Waals surface area contributed by atoms with Crippen LogP contribution in [0.4, 0.5) is 4.79 Å². The van der Waals surface area contributed by atoms with Crippen LogP contribution in [0.15, 0.2) is 72.8 Å². The van der Waals surface area contributed by atoms with Crippen molar-refractivity contribution in [2.45, 2.75) is 12.3 Å². The van der Waals surface area contributed by atoms with E-state index < -0.39 is 11.6 Å². The number of hydrogen-bond donors (Lipinski definition) is 2. The Labute approximate surface area is 157 Å². The number of carbonyl (C=O) groups is 1. The lowest BCUT2D eigenvalue weighted by Crippen LogP contribution is -2.25. The lowest BCUT2D eigenvalue weighted by Gasteiger charge is -2.32. The lowest BCUT2D eigenvalue weighted by atomic mass is 9.71. The summed E-state index contributed by atoms with van der Waals surface area (Å²) in [6.07, 6.45) is -0.775. The summed E-state index contributed by atoms with van der Waals surface area (Å²) < 4.78 is 9.55. The van der Waals surface area contributed by atoms with Crippen LogP contribution in [-0.4, -0.2) is 23.5 Å². The Bertz CT molecular complexity index is 867. The SMILES string of the molecule is COC(=O)Oc1ccc(C(C)(c2ccc(O)cc2)c2ccc(O)cc2)cc1. The minimum atomic E-state index is -0.775. The third-order valence-electron chi connectivity index (χ3n) is 4.69. The second-order valence-corrected chi connectivity index (χ2v) is 6.30. The molecule has 27 heavy (non-hydrogen) atoms. The molecule has 0 amide bonds. The van der Waals surface area contributed by atoms with Crippen molar-refractivity contribution in [2.24, 2.45) is 0 Å². The van der Waals surface area contributed by atoms with Crippen LogP contribution in [0.5, 0.6) is 17.2 Å². The van der Waals surface area contributed by atoms with Crippen LogP contribution in [-0.2, 0) is 10.2 Å².